The van der Waals surface area contributed by atoms with Crippen LogP contribution >= 0.6 is 11.3 Å². The second-order valence-electron chi connectivity index (χ2n) is 5.78. The van der Waals surface area contributed by atoms with E-state index in [1.165, 1.54) is 10.4 Å². The first-order valence-electron chi connectivity index (χ1n) is 8.28. The van der Waals surface area contributed by atoms with Crippen molar-refractivity contribution in [2.75, 3.05) is 27.4 Å². The molecule has 5 nitrogen and oxygen atoms in total. The van der Waals surface area contributed by atoms with Crippen molar-refractivity contribution >= 4 is 11.3 Å². The van der Waals surface area contributed by atoms with Gasteiger partial charge >= 0.3 is 0 Å². The Bertz CT molecular complexity index is 653. The van der Waals surface area contributed by atoms with Crippen molar-refractivity contribution in [1.29, 1.82) is 0 Å². The van der Waals surface area contributed by atoms with Crippen LogP contribution in [0.25, 0.3) is 0 Å². The van der Waals surface area contributed by atoms with Gasteiger partial charge in [-0.1, -0.05) is 6.07 Å². The Hall–Kier alpha value is -1.63. The normalized spacial score (nSPS) is 17.2. The number of thiazole rings is 1. The number of hydrogen-bond donors (Lipinski definition) is 1. The van der Waals surface area contributed by atoms with Crippen LogP contribution in [0.15, 0.2) is 24.4 Å². The number of aromatic nitrogens is 1. The fourth-order valence-electron chi connectivity index (χ4n) is 2.81. The first-order valence-corrected chi connectivity index (χ1v) is 9.09. The van der Waals surface area contributed by atoms with Crippen molar-refractivity contribution in [2.45, 2.75) is 31.9 Å². The zero-order valence-electron chi connectivity index (χ0n) is 14.2. The second-order valence-corrected chi connectivity index (χ2v) is 6.93. The van der Waals surface area contributed by atoms with Gasteiger partial charge in [-0.3, -0.25) is 0 Å². The van der Waals surface area contributed by atoms with E-state index < -0.39 is 0 Å². The van der Waals surface area contributed by atoms with Crippen molar-refractivity contribution in [3.05, 3.63) is 39.8 Å². The molecule has 1 aromatic carbocycles. The summed E-state index contributed by atoms with van der Waals surface area (Å²) in [4.78, 5) is 5.76. The molecule has 0 spiro atoms. The Labute approximate surface area is 147 Å². The molecule has 1 aliphatic heterocycles. The maximum Gasteiger partial charge on any atom is 0.160 e. The molecular weight excluding hydrogens is 324 g/mol. The average Bonchev–Trinajstić information content (AvgIpc) is 3.29. The van der Waals surface area contributed by atoms with Gasteiger partial charge < -0.3 is 19.5 Å². The third-order valence-electron chi connectivity index (χ3n) is 4.11. The molecule has 0 saturated carbocycles. The molecule has 0 aliphatic carbocycles. The zero-order valence-corrected chi connectivity index (χ0v) is 15.0. The van der Waals surface area contributed by atoms with Gasteiger partial charge in [-0.15, -0.1) is 11.3 Å². The van der Waals surface area contributed by atoms with Crippen molar-refractivity contribution < 1.29 is 14.2 Å². The lowest BCUT2D eigenvalue weighted by Crippen LogP contribution is -2.16. The predicted octanol–water partition coefficient (Wildman–Crippen LogP) is 3.34. The third kappa shape index (κ3) is 4.26. The molecule has 2 heterocycles. The maximum absolute atomic E-state index is 5.68. The first-order chi connectivity index (χ1) is 11.8. The maximum atomic E-state index is 5.68. The minimum Gasteiger partial charge on any atom is -0.493 e. The SMILES string of the molecule is COc1ccc(CCNCc2cnc([C@H]3CCCO3)s2)cc1OC. The fourth-order valence-corrected chi connectivity index (χ4v) is 3.78. The van der Waals surface area contributed by atoms with Crippen LogP contribution in [0.4, 0.5) is 0 Å². The van der Waals surface area contributed by atoms with E-state index in [1.54, 1.807) is 25.6 Å². The average molecular weight is 348 g/mol. The molecule has 2 aromatic rings. The topological polar surface area (TPSA) is 52.6 Å². The van der Waals surface area contributed by atoms with Crippen molar-refractivity contribution in [2.24, 2.45) is 0 Å². The van der Waals surface area contributed by atoms with Crippen molar-refractivity contribution in [1.82, 2.24) is 10.3 Å². The van der Waals surface area contributed by atoms with Gasteiger partial charge in [0.15, 0.2) is 11.5 Å². The quantitative estimate of drug-likeness (QED) is 0.742. The van der Waals surface area contributed by atoms with Crippen LogP contribution in [-0.4, -0.2) is 32.4 Å². The van der Waals surface area contributed by atoms with Gasteiger partial charge in [0.25, 0.3) is 0 Å². The molecular formula is C18H24N2O3S. The zero-order chi connectivity index (χ0) is 16.8. The number of hydrogen-bond acceptors (Lipinski definition) is 6. The van der Waals surface area contributed by atoms with Gasteiger partial charge in [-0.25, -0.2) is 4.98 Å². The molecule has 130 valence electrons. The molecule has 6 heteroatoms. The molecule has 1 atom stereocenters. The summed E-state index contributed by atoms with van der Waals surface area (Å²) < 4.78 is 16.3. The summed E-state index contributed by atoms with van der Waals surface area (Å²) in [6.45, 7) is 2.61. The van der Waals surface area contributed by atoms with E-state index in [4.69, 9.17) is 14.2 Å². The molecule has 1 N–H and O–H groups in total. The molecule has 1 aromatic heterocycles. The Kier molecular flexibility index (Phi) is 6.07. The summed E-state index contributed by atoms with van der Waals surface area (Å²) in [6, 6.07) is 6.05. The van der Waals surface area contributed by atoms with Crippen LogP contribution in [0, 0.1) is 0 Å². The Morgan fingerprint density at radius 1 is 1.29 bits per heavy atom. The van der Waals surface area contributed by atoms with Gasteiger partial charge in [0.05, 0.1) is 14.2 Å². The Morgan fingerprint density at radius 2 is 2.17 bits per heavy atom. The summed E-state index contributed by atoms with van der Waals surface area (Å²) in [5, 5.41) is 4.59. The first kappa shape index (κ1) is 17.2. The molecule has 1 fully saturated rings. The molecule has 0 radical (unpaired) electrons. The van der Waals surface area contributed by atoms with Gasteiger partial charge in [-0.2, -0.15) is 0 Å². The number of benzene rings is 1. The number of ether oxygens (including phenoxy) is 3. The number of rotatable bonds is 8. The summed E-state index contributed by atoms with van der Waals surface area (Å²) in [5.41, 5.74) is 1.23. The van der Waals surface area contributed by atoms with E-state index in [0.717, 1.165) is 55.5 Å². The van der Waals surface area contributed by atoms with Gasteiger partial charge in [0.2, 0.25) is 0 Å². The van der Waals surface area contributed by atoms with E-state index in [2.05, 4.69) is 16.4 Å². The van der Waals surface area contributed by atoms with E-state index in [-0.39, 0.29) is 6.10 Å². The molecule has 0 bridgehead atoms. The number of nitrogens with one attached hydrogen (secondary N) is 1. The Balaban J connectivity index is 1.45. The molecule has 0 amide bonds. The fraction of sp³-hybridized carbons (Fsp3) is 0.500. The van der Waals surface area contributed by atoms with E-state index in [1.807, 2.05) is 18.3 Å². The van der Waals surface area contributed by atoms with Crippen molar-refractivity contribution in [3.8, 4) is 11.5 Å². The second kappa shape index (κ2) is 8.46. The smallest absolute Gasteiger partial charge is 0.160 e. The monoisotopic (exact) mass is 348 g/mol. The third-order valence-corrected chi connectivity index (χ3v) is 5.20. The molecule has 24 heavy (non-hydrogen) atoms. The number of methoxy groups -OCH3 is 2. The minimum atomic E-state index is 0.218. The largest absolute Gasteiger partial charge is 0.493 e. The summed E-state index contributed by atoms with van der Waals surface area (Å²) >= 11 is 1.75. The minimum absolute atomic E-state index is 0.218. The van der Waals surface area contributed by atoms with E-state index in [0.29, 0.717) is 0 Å². The van der Waals surface area contributed by atoms with Gasteiger partial charge in [-0.05, 0) is 43.5 Å². The van der Waals surface area contributed by atoms with E-state index >= 15 is 0 Å². The van der Waals surface area contributed by atoms with Gasteiger partial charge in [0.1, 0.15) is 11.1 Å². The summed E-state index contributed by atoms with van der Waals surface area (Å²) in [7, 11) is 3.31. The van der Waals surface area contributed by atoms with Crippen LogP contribution in [0.2, 0.25) is 0 Å². The van der Waals surface area contributed by atoms with Crippen LogP contribution in [-0.2, 0) is 17.7 Å². The summed E-state index contributed by atoms with van der Waals surface area (Å²) in [6.07, 6.45) is 5.36. The lowest BCUT2D eigenvalue weighted by Gasteiger charge is -2.09. The molecule has 0 unspecified atom stereocenters. The number of nitrogens with zero attached hydrogens (tertiary/aromatic N) is 1. The van der Waals surface area contributed by atoms with E-state index in [9.17, 15) is 0 Å². The van der Waals surface area contributed by atoms with Crippen LogP contribution in [0.1, 0.15) is 34.4 Å². The highest BCUT2D eigenvalue weighted by molar-refractivity contribution is 7.11. The van der Waals surface area contributed by atoms with Crippen LogP contribution in [0.5, 0.6) is 11.5 Å². The molecule has 1 aliphatic rings. The predicted molar refractivity (Wildman–Crippen MR) is 95.0 cm³/mol. The lowest BCUT2D eigenvalue weighted by molar-refractivity contribution is 0.111. The van der Waals surface area contributed by atoms with Gasteiger partial charge in [0, 0.05) is 24.2 Å². The molecule has 3 rings (SSSR count). The highest BCUT2D eigenvalue weighted by Gasteiger charge is 2.20. The Morgan fingerprint density at radius 3 is 2.92 bits per heavy atom. The van der Waals surface area contributed by atoms with Crippen molar-refractivity contribution in [3.63, 3.8) is 0 Å². The summed E-state index contributed by atoms with van der Waals surface area (Å²) in [5.74, 6) is 1.54. The lowest BCUT2D eigenvalue weighted by atomic mass is 10.1. The van der Waals surface area contributed by atoms with Crippen LogP contribution in [0.3, 0.4) is 0 Å². The highest BCUT2D eigenvalue weighted by atomic mass is 32.1. The standard InChI is InChI=1S/C18H24N2O3S/c1-21-15-6-5-13(10-17(15)22-2)7-8-19-11-14-12-20-18(24-14)16-4-3-9-23-16/h5-6,10,12,16,19H,3-4,7-9,11H2,1-2H3/t16-/m1/s1. The molecule has 1 saturated heterocycles. The van der Waals surface area contributed by atoms with Crippen LogP contribution < -0.4 is 14.8 Å². The highest BCUT2D eigenvalue weighted by Crippen LogP contribution is 2.31.